The maximum Gasteiger partial charge on any atom is 0.229 e. The third kappa shape index (κ3) is 3.70. The van der Waals surface area contributed by atoms with E-state index >= 15 is 0 Å². The number of carbonyl (C=O) groups excluding carboxylic acids is 2. The Morgan fingerprint density at radius 3 is 2.14 bits per heavy atom. The largest absolute Gasteiger partial charge is 0.387 e. The van der Waals surface area contributed by atoms with Crippen LogP contribution in [0.5, 0.6) is 0 Å². The minimum Gasteiger partial charge on any atom is -0.387 e. The number of aliphatic hydroxyl groups excluding tert-OH is 1. The fourth-order valence-electron chi connectivity index (χ4n) is 2.67. The molecule has 2 amide bonds. The first kappa shape index (κ1) is 15.7. The van der Waals surface area contributed by atoms with Crippen LogP contribution in [0, 0.1) is 5.41 Å². The molecule has 1 aliphatic heterocycles. The summed E-state index contributed by atoms with van der Waals surface area (Å²) in [4.78, 5) is 25.4. The lowest BCUT2D eigenvalue weighted by Gasteiger charge is -2.35. The van der Waals surface area contributed by atoms with Crippen LogP contribution in [0.2, 0.25) is 0 Å². The number of hydrogen-bond donors (Lipinski definition) is 1. The van der Waals surface area contributed by atoms with Gasteiger partial charge in [0.25, 0.3) is 0 Å². The van der Waals surface area contributed by atoms with E-state index in [0.717, 1.165) is 12.0 Å². The molecular weight excluding hydrogens is 266 g/mol. The van der Waals surface area contributed by atoms with E-state index in [0.29, 0.717) is 12.8 Å². The van der Waals surface area contributed by atoms with Crippen LogP contribution < -0.4 is 0 Å². The molecule has 0 radical (unpaired) electrons. The molecule has 0 saturated carbocycles. The van der Waals surface area contributed by atoms with Crippen LogP contribution in [0.4, 0.5) is 0 Å². The van der Waals surface area contributed by atoms with Crippen molar-refractivity contribution in [3.63, 3.8) is 0 Å². The fourth-order valence-corrected chi connectivity index (χ4v) is 2.67. The van der Waals surface area contributed by atoms with Crippen LogP contribution in [-0.4, -0.2) is 28.4 Å². The third-order valence-corrected chi connectivity index (χ3v) is 3.99. The van der Waals surface area contributed by atoms with Gasteiger partial charge in [-0.25, -0.2) is 0 Å². The average Bonchev–Trinajstić information content (AvgIpc) is 2.41. The van der Waals surface area contributed by atoms with Crippen molar-refractivity contribution in [2.75, 3.05) is 6.54 Å². The predicted octanol–water partition coefficient (Wildman–Crippen LogP) is 2.46. The number of likely N-dealkylation sites (tertiary alicyclic amines) is 1. The molecule has 0 aliphatic carbocycles. The predicted molar refractivity (Wildman–Crippen MR) is 80.5 cm³/mol. The summed E-state index contributed by atoms with van der Waals surface area (Å²) in [5.41, 5.74) is 1.65. The molecule has 0 aromatic heterocycles. The normalized spacial score (nSPS) is 19.7. The van der Waals surface area contributed by atoms with Gasteiger partial charge in [0.2, 0.25) is 11.8 Å². The Morgan fingerprint density at radius 1 is 1.14 bits per heavy atom. The van der Waals surface area contributed by atoms with E-state index < -0.39 is 6.10 Å². The second kappa shape index (κ2) is 5.98. The number of nitrogens with zero attached hydrogens (tertiary/aromatic N) is 1. The number of carbonyl (C=O) groups is 2. The number of β-amino-alcohol motifs (C(OH)–C–C–N with tert-alkyl or cyclic N) is 1. The maximum absolute atomic E-state index is 12.1. The summed E-state index contributed by atoms with van der Waals surface area (Å²) in [7, 11) is 0. The zero-order chi connectivity index (χ0) is 15.6. The quantitative estimate of drug-likeness (QED) is 0.866. The fraction of sp³-hybridized carbons (Fsp3) is 0.529. The minimum atomic E-state index is -0.829. The lowest BCUT2D eigenvalue weighted by molar-refractivity contribution is -0.154. The molecule has 1 aliphatic rings. The molecule has 1 aromatic carbocycles. The van der Waals surface area contributed by atoms with Gasteiger partial charge in [0, 0.05) is 12.8 Å². The van der Waals surface area contributed by atoms with Gasteiger partial charge >= 0.3 is 0 Å². The van der Waals surface area contributed by atoms with Crippen LogP contribution in [0.1, 0.15) is 50.8 Å². The van der Waals surface area contributed by atoms with E-state index in [1.165, 1.54) is 10.5 Å². The Morgan fingerprint density at radius 2 is 1.67 bits per heavy atom. The molecule has 1 unspecified atom stereocenters. The second-order valence-electron chi connectivity index (χ2n) is 6.53. The van der Waals surface area contributed by atoms with Crippen molar-refractivity contribution < 1.29 is 14.7 Å². The van der Waals surface area contributed by atoms with Gasteiger partial charge in [-0.2, -0.15) is 0 Å². The molecule has 1 N–H and O–H groups in total. The second-order valence-corrected chi connectivity index (χ2v) is 6.53. The first-order valence-corrected chi connectivity index (χ1v) is 7.42. The van der Waals surface area contributed by atoms with Crippen molar-refractivity contribution in [2.45, 2.75) is 46.1 Å². The monoisotopic (exact) mass is 289 g/mol. The molecule has 21 heavy (non-hydrogen) atoms. The van der Waals surface area contributed by atoms with Crippen molar-refractivity contribution in [1.82, 2.24) is 4.90 Å². The van der Waals surface area contributed by atoms with E-state index in [-0.39, 0.29) is 23.8 Å². The van der Waals surface area contributed by atoms with Crippen LogP contribution in [0.15, 0.2) is 24.3 Å². The highest BCUT2D eigenvalue weighted by atomic mass is 16.3. The van der Waals surface area contributed by atoms with Crippen molar-refractivity contribution >= 4 is 11.8 Å². The van der Waals surface area contributed by atoms with Crippen LogP contribution in [0.3, 0.4) is 0 Å². The average molecular weight is 289 g/mol. The standard InChI is InChI=1S/C17H23NO3/c1-4-12-5-7-13(8-6-12)14(19)11-18-15(20)9-17(2,3)10-16(18)21/h5-8,14,19H,4,9-11H2,1-3H3. The molecule has 4 heteroatoms. The Bertz CT molecular complexity index is 513. The molecule has 0 bridgehead atoms. The van der Waals surface area contributed by atoms with E-state index in [1.807, 2.05) is 38.1 Å². The smallest absolute Gasteiger partial charge is 0.229 e. The summed E-state index contributed by atoms with van der Waals surface area (Å²) in [5.74, 6) is -0.388. The van der Waals surface area contributed by atoms with Crippen molar-refractivity contribution in [3.8, 4) is 0 Å². The number of piperidine rings is 1. The van der Waals surface area contributed by atoms with Crippen molar-refractivity contribution in [1.29, 1.82) is 0 Å². The Hall–Kier alpha value is -1.68. The maximum atomic E-state index is 12.1. The third-order valence-electron chi connectivity index (χ3n) is 3.99. The summed E-state index contributed by atoms with van der Waals surface area (Å²) < 4.78 is 0. The Labute approximate surface area is 125 Å². The van der Waals surface area contributed by atoms with Gasteiger partial charge in [-0.3, -0.25) is 14.5 Å². The Kier molecular flexibility index (Phi) is 4.47. The SMILES string of the molecule is CCc1ccc(C(O)CN2C(=O)CC(C)(C)CC2=O)cc1. The van der Waals surface area contributed by atoms with E-state index in [4.69, 9.17) is 0 Å². The van der Waals surface area contributed by atoms with Gasteiger partial charge in [0.05, 0.1) is 12.6 Å². The summed E-state index contributed by atoms with van der Waals surface area (Å²) in [5, 5.41) is 10.3. The van der Waals surface area contributed by atoms with Crippen molar-refractivity contribution in [2.24, 2.45) is 5.41 Å². The first-order chi connectivity index (χ1) is 9.82. The van der Waals surface area contributed by atoms with Crippen LogP contribution in [0.25, 0.3) is 0 Å². The summed E-state index contributed by atoms with van der Waals surface area (Å²) in [6.45, 7) is 5.94. The molecule has 1 heterocycles. The van der Waals surface area contributed by atoms with Crippen LogP contribution >= 0.6 is 0 Å². The Balaban J connectivity index is 2.06. The number of rotatable bonds is 4. The minimum absolute atomic E-state index is 0.0409. The number of aliphatic hydroxyl groups is 1. The van der Waals surface area contributed by atoms with Gasteiger partial charge in [-0.15, -0.1) is 0 Å². The number of aryl methyl sites for hydroxylation is 1. The first-order valence-electron chi connectivity index (χ1n) is 7.42. The lowest BCUT2D eigenvalue weighted by atomic mass is 9.81. The molecule has 1 fully saturated rings. The molecular formula is C17H23NO3. The van der Waals surface area contributed by atoms with E-state index in [1.54, 1.807) is 0 Å². The summed E-state index contributed by atoms with van der Waals surface area (Å²) in [6, 6.07) is 7.63. The summed E-state index contributed by atoms with van der Waals surface area (Å²) >= 11 is 0. The lowest BCUT2D eigenvalue weighted by Crippen LogP contribution is -2.47. The molecule has 4 nitrogen and oxygen atoms in total. The van der Waals surface area contributed by atoms with Gasteiger partial charge in [0.1, 0.15) is 0 Å². The van der Waals surface area contributed by atoms with Gasteiger partial charge in [0.15, 0.2) is 0 Å². The van der Waals surface area contributed by atoms with Gasteiger partial charge in [-0.1, -0.05) is 45.0 Å². The molecule has 0 spiro atoms. The molecule has 2 rings (SSSR count). The zero-order valence-electron chi connectivity index (χ0n) is 12.9. The molecule has 1 atom stereocenters. The van der Waals surface area contributed by atoms with Crippen LogP contribution in [-0.2, 0) is 16.0 Å². The highest BCUT2D eigenvalue weighted by molar-refractivity contribution is 5.98. The van der Waals surface area contributed by atoms with Gasteiger partial charge in [-0.05, 0) is 23.0 Å². The number of hydrogen-bond acceptors (Lipinski definition) is 3. The van der Waals surface area contributed by atoms with E-state index in [9.17, 15) is 14.7 Å². The van der Waals surface area contributed by atoms with E-state index in [2.05, 4.69) is 6.92 Å². The number of amides is 2. The highest BCUT2D eigenvalue weighted by Crippen LogP contribution is 2.32. The molecule has 1 saturated heterocycles. The van der Waals surface area contributed by atoms with Gasteiger partial charge < -0.3 is 5.11 Å². The number of imide groups is 1. The molecule has 1 aromatic rings. The molecule has 114 valence electrons. The topological polar surface area (TPSA) is 57.6 Å². The number of benzene rings is 1. The summed E-state index contributed by atoms with van der Waals surface area (Å²) in [6.07, 6.45) is 0.805. The zero-order valence-corrected chi connectivity index (χ0v) is 12.9. The van der Waals surface area contributed by atoms with Crippen molar-refractivity contribution in [3.05, 3.63) is 35.4 Å². The highest BCUT2D eigenvalue weighted by Gasteiger charge is 2.38.